The van der Waals surface area contributed by atoms with Crippen LogP contribution in [-0.4, -0.2) is 53.2 Å². The molecule has 8 nitrogen and oxygen atoms in total. The second-order valence-corrected chi connectivity index (χ2v) is 5.67. The molecule has 0 saturated carbocycles. The normalized spacial score (nSPS) is 25.7. The summed E-state index contributed by atoms with van der Waals surface area (Å²) in [5.41, 5.74) is 0.573. The number of amides is 2. The van der Waals surface area contributed by atoms with Gasteiger partial charge in [0.05, 0.1) is 18.8 Å². The van der Waals surface area contributed by atoms with E-state index in [2.05, 4.69) is 17.2 Å². The van der Waals surface area contributed by atoms with Crippen LogP contribution in [0.1, 0.15) is 13.3 Å². The Morgan fingerprint density at radius 3 is 2.64 bits per heavy atom. The number of benzene rings is 1. The van der Waals surface area contributed by atoms with Gasteiger partial charge in [-0.2, -0.15) is 0 Å². The largest absolute Gasteiger partial charge is 0.463 e. The van der Waals surface area contributed by atoms with Crippen LogP contribution in [0.25, 0.3) is 0 Å². The number of hydrogen-bond acceptors (Lipinski definition) is 6. The van der Waals surface area contributed by atoms with Gasteiger partial charge in [0, 0.05) is 19.0 Å². The summed E-state index contributed by atoms with van der Waals surface area (Å²) in [6, 6.07) is 5.99. The SMILES string of the molecule is C=CC(=O)Nc1ccc(O[C@@H]2OC(CO)[C@@H](O)CC2NC(C)=O)cc1. The first-order valence-electron chi connectivity index (χ1n) is 7.84. The molecule has 1 fully saturated rings. The van der Waals surface area contributed by atoms with Crippen LogP contribution in [0.15, 0.2) is 36.9 Å². The fourth-order valence-corrected chi connectivity index (χ4v) is 2.49. The van der Waals surface area contributed by atoms with Crippen molar-refractivity contribution in [2.45, 2.75) is 37.9 Å². The number of aliphatic hydroxyl groups is 2. The zero-order chi connectivity index (χ0) is 18.4. The summed E-state index contributed by atoms with van der Waals surface area (Å²) >= 11 is 0. The van der Waals surface area contributed by atoms with Crippen molar-refractivity contribution >= 4 is 17.5 Å². The van der Waals surface area contributed by atoms with Gasteiger partial charge in [-0.1, -0.05) is 6.58 Å². The lowest BCUT2D eigenvalue weighted by atomic mass is 10.0. The minimum Gasteiger partial charge on any atom is -0.463 e. The van der Waals surface area contributed by atoms with Crippen LogP contribution in [0.4, 0.5) is 5.69 Å². The third kappa shape index (κ3) is 5.28. The molecule has 0 radical (unpaired) electrons. The van der Waals surface area contributed by atoms with Gasteiger partial charge in [-0.15, -0.1) is 0 Å². The summed E-state index contributed by atoms with van der Waals surface area (Å²) in [4.78, 5) is 22.6. The van der Waals surface area contributed by atoms with E-state index < -0.39 is 24.5 Å². The molecule has 8 heteroatoms. The molecule has 4 N–H and O–H groups in total. The number of anilines is 1. The van der Waals surface area contributed by atoms with Crippen molar-refractivity contribution in [1.82, 2.24) is 5.32 Å². The number of aliphatic hydroxyl groups excluding tert-OH is 2. The molecule has 1 aliphatic heterocycles. The Kier molecular flexibility index (Phi) is 6.51. The summed E-state index contributed by atoms with van der Waals surface area (Å²) in [5, 5.41) is 24.5. The van der Waals surface area contributed by atoms with E-state index in [1.165, 1.54) is 13.0 Å². The van der Waals surface area contributed by atoms with Gasteiger partial charge in [-0.25, -0.2) is 0 Å². The molecule has 1 aromatic rings. The average molecular weight is 350 g/mol. The average Bonchev–Trinajstić information content (AvgIpc) is 2.58. The van der Waals surface area contributed by atoms with E-state index in [1.54, 1.807) is 24.3 Å². The van der Waals surface area contributed by atoms with Crippen LogP contribution in [0, 0.1) is 0 Å². The van der Waals surface area contributed by atoms with Gasteiger partial charge in [0.1, 0.15) is 11.9 Å². The Morgan fingerprint density at radius 1 is 1.40 bits per heavy atom. The number of hydrogen-bond donors (Lipinski definition) is 4. The van der Waals surface area contributed by atoms with Gasteiger partial charge in [0.2, 0.25) is 18.1 Å². The minimum absolute atomic E-state index is 0.197. The lowest BCUT2D eigenvalue weighted by Crippen LogP contribution is -2.57. The van der Waals surface area contributed by atoms with Gasteiger partial charge in [0.25, 0.3) is 0 Å². The Balaban J connectivity index is 2.07. The molecular weight excluding hydrogens is 328 g/mol. The van der Waals surface area contributed by atoms with Crippen LogP contribution < -0.4 is 15.4 Å². The summed E-state index contributed by atoms with van der Waals surface area (Å²) in [7, 11) is 0. The van der Waals surface area contributed by atoms with E-state index in [0.29, 0.717) is 11.4 Å². The molecule has 0 aromatic heterocycles. The summed E-state index contributed by atoms with van der Waals surface area (Å²) in [6.07, 6.45) is -1.20. The smallest absolute Gasteiger partial charge is 0.247 e. The molecule has 1 aliphatic rings. The van der Waals surface area contributed by atoms with Crippen LogP contribution in [-0.2, 0) is 14.3 Å². The molecule has 1 heterocycles. The van der Waals surface area contributed by atoms with Crippen molar-refractivity contribution in [1.29, 1.82) is 0 Å². The Morgan fingerprint density at radius 2 is 2.08 bits per heavy atom. The van der Waals surface area contributed by atoms with Crippen LogP contribution in [0.5, 0.6) is 5.75 Å². The highest BCUT2D eigenvalue weighted by Crippen LogP contribution is 2.24. The molecule has 0 spiro atoms. The number of rotatable bonds is 6. The predicted molar refractivity (Wildman–Crippen MR) is 89.9 cm³/mol. The third-order valence-corrected chi connectivity index (χ3v) is 3.69. The summed E-state index contributed by atoms with van der Waals surface area (Å²) in [6.45, 7) is 4.38. The third-order valence-electron chi connectivity index (χ3n) is 3.69. The molecular formula is C17H22N2O6. The highest BCUT2D eigenvalue weighted by atomic mass is 16.7. The Bertz CT molecular complexity index is 618. The second-order valence-electron chi connectivity index (χ2n) is 5.67. The van der Waals surface area contributed by atoms with Crippen LogP contribution in [0.2, 0.25) is 0 Å². The molecule has 2 rings (SSSR count). The molecule has 1 aromatic carbocycles. The van der Waals surface area contributed by atoms with Crippen molar-refractivity contribution in [3.05, 3.63) is 36.9 Å². The van der Waals surface area contributed by atoms with Crippen LogP contribution in [0.3, 0.4) is 0 Å². The monoisotopic (exact) mass is 350 g/mol. The maximum atomic E-state index is 11.3. The predicted octanol–water partition coefficient (Wildman–Crippen LogP) is 0.163. The van der Waals surface area contributed by atoms with Gasteiger partial charge >= 0.3 is 0 Å². The summed E-state index contributed by atoms with van der Waals surface area (Å²) in [5.74, 6) is -0.154. The molecule has 136 valence electrons. The maximum Gasteiger partial charge on any atom is 0.247 e. The molecule has 25 heavy (non-hydrogen) atoms. The lowest BCUT2D eigenvalue weighted by Gasteiger charge is -2.38. The van der Waals surface area contributed by atoms with Crippen molar-refractivity contribution in [3.8, 4) is 5.75 Å². The van der Waals surface area contributed by atoms with Crippen LogP contribution >= 0.6 is 0 Å². The molecule has 2 amide bonds. The standard InChI is InChI=1S/C17H22N2O6/c1-3-16(23)19-11-4-6-12(7-5-11)24-17-13(18-10(2)21)8-14(22)15(9-20)25-17/h3-7,13-15,17,20,22H,1,8-9H2,2H3,(H,18,21)(H,19,23)/t13?,14-,15?,17+/m0/s1. The molecule has 4 atom stereocenters. The first-order chi connectivity index (χ1) is 11.9. The van der Waals surface area contributed by atoms with E-state index >= 15 is 0 Å². The highest BCUT2D eigenvalue weighted by molar-refractivity contribution is 5.98. The number of ether oxygens (including phenoxy) is 2. The molecule has 2 unspecified atom stereocenters. The van der Waals surface area contributed by atoms with E-state index in [9.17, 15) is 19.8 Å². The maximum absolute atomic E-state index is 11.3. The Labute approximate surface area is 145 Å². The molecule has 0 aliphatic carbocycles. The fraction of sp³-hybridized carbons (Fsp3) is 0.412. The van der Waals surface area contributed by atoms with Crippen molar-refractivity contribution < 1.29 is 29.3 Å². The Hall–Kier alpha value is -2.42. The van der Waals surface area contributed by atoms with Gasteiger partial charge in [0.15, 0.2) is 0 Å². The highest BCUT2D eigenvalue weighted by Gasteiger charge is 2.38. The van der Waals surface area contributed by atoms with E-state index in [-0.39, 0.29) is 24.8 Å². The number of carbonyl (C=O) groups is 2. The van der Waals surface area contributed by atoms with Crippen molar-refractivity contribution in [2.75, 3.05) is 11.9 Å². The molecule has 1 saturated heterocycles. The van der Waals surface area contributed by atoms with E-state index in [0.717, 1.165) is 0 Å². The van der Waals surface area contributed by atoms with E-state index in [4.69, 9.17) is 9.47 Å². The van der Waals surface area contributed by atoms with Gasteiger partial charge in [-0.3, -0.25) is 9.59 Å². The summed E-state index contributed by atoms with van der Waals surface area (Å²) < 4.78 is 11.3. The second kappa shape index (κ2) is 8.61. The minimum atomic E-state index is -0.904. The first-order valence-corrected chi connectivity index (χ1v) is 7.84. The number of carbonyl (C=O) groups excluding carboxylic acids is 2. The van der Waals surface area contributed by atoms with Gasteiger partial charge in [-0.05, 0) is 30.3 Å². The van der Waals surface area contributed by atoms with Crippen molar-refractivity contribution in [3.63, 3.8) is 0 Å². The van der Waals surface area contributed by atoms with Crippen molar-refractivity contribution in [2.24, 2.45) is 0 Å². The quantitative estimate of drug-likeness (QED) is 0.543. The fourth-order valence-electron chi connectivity index (χ4n) is 2.49. The zero-order valence-corrected chi connectivity index (χ0v) is 13.8. The van der Waals surface area contributed by atoms with Gasteiger partial charge < -0.3 is 30.3 Å². The zero-order valence-electron chi connectivity index (χ0n) is 13.8. The van der Waals surface area contributed by atoms with E-state index in [1.807, 2.05) is 0 Å². The lowest BCUT2D eigenvalue weighted by molar-refractivity contribution is -0.210. The topological polar surface area (TPSA) is 117 Å². The molecule has 0 bridgehead atoms. The first kappa shape index (κ1) is 18.9. The number of nitrogens with one attached hydrogen (secondary N) is 2.